The number of aryl methyl sites for hydroxylation is 1. The summed E-state index contributed by atoms with van der Waals surface area (Å²) in [7, 11) is 0. The molecule has 0 saturated carbocycles. The Morgan fingerprint density at radius 3 is 2.85 bits per heavy atom. The van der Waals surface area contributed by atoms with Crippen LogP contribution in [0.4, 0.5) is 10.3 Å². The molecule has 0 aliphatic rings. The molecule has 0 atom stereocenters. The largest absolute Gasteiger partial charge is 0.369 e. The average molecular weight is 334 g/mol. The average Bonchev–Trinajstić information content (AvgIpc) is 2.67. The molecule has 5 heteroatoms. The third kappa shape index (κ3) is 2.29. The third-order valence-corrected chi connectivity index (χ3v) is 3.85. The summed E-state index contributed by atoms with van der Waals surface area (Å²) in [5.41, 5.74) is 9.63. The van der Waals surface area contributed by atoms with Crippen molar-refractivity contribution in [1.82, 2.24) is 9.55 Å². The standard InChI is InChI=1S/C15H13BrFN3/c1-9-3-2-4-10(5-9)8-20-14-7-12(17)11(16)6-13(14)19-15(20)18/h2-7H,8H2,1H3,(H2,18,19). The lowest BCUT2D eigenvalue weighted by atomic mass is 10.1. The molecule has 102 valence electrons. The van der Waals surface area contributed by atoms with Gasteiger partial charge in [-0.3, -0.25) is 0 Å². The molecule has 1 heterocycles. The number of nitrogens with zero attached hydrogens (tertiary/aromatic N) is 2. The van der Waals surface area contributed by atoms with Gasteiger partial charge in [-0.25, -0.2) is 9.37 Å². The first-order valence-electron chi connectivity index (χ1n) is 6.21. The van der Waals surface area contributed by atoms with E-state index in [-0.39, 0.29) is 5.82 Å². The number of fused-ring (bicyclic) bond motifs is 1. The van der Waals surface area contributed by atoms with E-state index in [1.54, 1.807) is 6.07 Å². The van der Waals surface area contributed by atoms with Crippen LogP contribution in [-0.4, -0.2) is 9.55 Å². The minimum Gasteiger partial charge on any atom is -0.369 e. The fraction of sp³-hybridized carbons (Fsp3) is 0.133. The lowest BCUT2D eigenvalue weighted by Crippen LogP contribution is -2.04. The summed E-state index contributed by atoms with van der Waals surface area (Å²) in [5.74, 6) is 0.0712. The first-order chi connectivity index (χ1) is 9.54. The van der Waals surface area contributed by atoms with Crippen LogP contribution in [-0.2, 0) is 6.54 Å². The summed E-state index contributed by atoms with van der Waals surface area (Å²) < 4.78 is 15.9. The van der Waals surface area contributed by atoms with Gasteiger partial charge in [0, 0.05) is 6.07 Å². The SMILES string of the molecule is Cc1cccc(Cn2c(N)nc3cc(Br)c(F)cc32)c1. The van der Waals surface area contributed by atoms with E-state index in [1.807, 2.05) is 29.7 Å². The predicted octanol–water partition coefficient (Wildman–Crippen LogP) is 3.88. The van der Waals surface area contributed by atoms with Crippen LogP contribution in [0.5, 0.6) is 0 Å². The van der Waals surface area contributed by atoms with Gasteiger partial charge in [0.1, 0.15) is 5.82 Å². The van der Waals surface area contributed by atoms with Gasteiger partial charge in [-0.05, 0) is 34.5 Å². The summed E-state index contributed by atoms with van der Waals surface area (Å²) in [4.78, 5) is 4.28. The van der Waals surface area contributed by atoms with Gasteiger partial charge >= 0.3 is 0 Å². The van der Waals surface area contributed by atoms with Crippen molar-refractivity contribution in [3.8, 4) is 0 Å². The van der Waals surface area contributed by atoms with Crippen molar-refractivity contribution in [3.63, 3.8) is 0 Å². The molecule has 0 saturated heterocycles. The number of halogens is 2. The highest BCUT2D eigenvalue weighted by Gasteiger charge is 2.12. The Hall–Kier alpha value is -1.88. The molecule has 0 unspecified atom stereocenters. The van der Waals surface area contributed by atoms with Crippen molar-refractivity contribution in [2.24, 2.45) is 0 Å². The molecule has 2 aromatic carbocycles. The molecule has 0 spiro atoms. The molecule has 3 rings (SSSR count). The summed E-state index contributed by atoms with van der Waals surface area (Å²) >= 11 is 3.16. The number of aromatic nitrogens is 2. The summed E-state index contributed by atoms with van der Waals surface area (Å²) in [6.45, 7) is 2.61. The van der Waals surface area contributed by atoms with Gasteiger partial charge < -0.3 is 10.3 Å². The number of hydrogen-bond donors (Lipinski definition) is 1. The second-order valence-corrected chi connectivity index (χ2v) is 5.65. The molecule has 0 radical (unpaired) electrons. The van der Waals surface area contributed by atoms with Crippen molar-refractivity contribution in [2.75, 3.05) is 5.73 Å². The van der Waals surface area contributed by atoms with Crippen molar-refractivity contribution in [1.29, 1.82) is 0 Å². The number of nitrogen functional groups attached to an aromatic ring is 1. The molecule has 0 aliphatic carbocycles. The van der Waals surface area contributed by atoms with Crippen molar-refractivity contribution >= 4 is 32.9 Å². The third-order valence-electron chi connectivity index (χ3n) is 3.24. The summed E-state index contributed by atoms with van der Waals surface area (Å²) in [5, 5.41) is 0. The number of imidazole rings is 1. The Bertz CT molecular complexity index is 795. The molecule has 0 aliphatic heterocycles. The van der Waals surface area contributed by atoms with Crippen LogP contribution in [0.1, 0.15) is 11.1 Å². The van der Waals surface area contributed by atoms with E-state index in [2.05, 4.69) is 27.0 Å². The van der Waals surface area contributed by atoms with Crippen LogP contribution in [0.2, 0.25) is 0 Å². The lowest BCUT2D eigenvalue weighted by molar-refractivity contribution is 0.622. The first-order valence-corrected chi connectivity index (χ1v) is 7.00. The van der Waals surface area contributed by atoms with Gasteiger partial charge in [-0.15, -0.1) is 0 Å². The van der Waals surface area contributed by atoms with E-state index in [1.165, 1.54) is 11.6 Å². The van der Waals surface area contributed by atoms with Crippen LogP contribution < -0.4 is 5.73 Å². The molecular formula is C15H13BrFN3. The van der Waals surface area contributed by atoms with Crippen LogP contribution in [0.25, 0.3) is 11.0 Å². The quantitative estimate of drug-likeness (QED) is 0.773. The van der Waals surface area contributed by atoms with E-state index in [0.29, 0.717) is 28.0 Å². The minimum atomic E-state index is -0.317. The van der Waals surface area contributed by atoms with Crippen LogP contribution in [0.15, 0.2) is 40.9 Å². The van der Waals surface area contributed by atoms with Crippen LogP contribution in [0.3, 0.4) is 0 Å². The number of anilines is 1. The fourth-order valence-electron chi connectivity index (χ4n) is 2.30. The van der Waals surface area contributed by atoms with Crippen molar-refractivity contribution in [3.05, 3.63) is 57.8 Å². The Balaban J connectivity index is 2.11. The van der Waals surface area contributed by atoms with Crippen LogP contribution >= 0.6 is 15.9 Å². The van der Waals surface area contributed by atoms with E-state index in [0.717, 1.165) is 5.56 Å². The van der Waals surface area contributed by atoms with Gasteiger partial charge in [0.2, 0.25) is 5.95 Å². The van der Waals surface area contributed by atoms with E-state index in [9.17, 15) is 4.39 Å². The zero-order valence-electron chi connectivity index (χ0n) is 10.9. The maximum absolute atomic E-state index is 13.7. The highest BCUT2D eigenvalue weighted by Crippen LogP contribution is 2.25. The smallest absolute Gasteiger partial charge is 0.201 e. The monoisotopic (exact) mass is 333 g/mol. The number of nitrogens with two attached hydrogens (primary N) is 1. The molecule has 2 N–H and O–H groups in total. The van der Waals surface area contributed by atoms with Crippen molar-refractivity contribution < 1.29 is 4.39 Å². The molecule has 1 aromatic heterocycles. The molecule has 0 bridgehead atoms. The number of benzene rings is 2. The zero-order valence-corrected chi connectivity index (χ0v) is 12.5. The fourth-order valence-corrected chi connectivity index (χ4v) is 2.63. The Morgan fingerprint density at radius 2 is 2.10 bits per heavy atom. The van der Waals surface area contributed by atoms with Crippen LogP contribution in [0, 0.1) is 12.7 Å². The van der Waals surface area contributed by atoms with E-state index < -0.39 is 0 Å². The Morgan fingerprint density at radius 1 is 1.30 bits per heavy atom. The Labute approximate surface area is 124 Å². The molecule has 0 amide bonds. The molecular weight excluding hydrogens is 321 g/mol. The van der Waals surface area contributed by atoms with Gasteiger partial charge in [-0.1, -0.05) is 29.8 Å². The molecule has 3 nitrogen and oxygen atoms in total. The zero-order chi connectivity index (χ0) is 14.3. The molecule has 3 aromatic rings. The number of rotatable bonds is 2. The van der Waals surface area contributed by atoms with Gasteiger partial charge in [0.25, 0.3) is 0 Å². The van der Waals surface area contributed by atoms with E-state index >= 15 is 0 Å². The minimum absolute atomic E-state index is 0.317. The topological polar surface area (TPSA) is 43.8 Å². The number of hydrogen-bond acceptors (Lipinski definition) is 2. The van der Waals surface area contributed by atoms with E-state index in [4.69, 9.17) is 5.73 Å². The second kappa shape index (κ2) is 4.90. The van der Waals surface area contributed by atoms with Crippen molar-refractivity contribution in [2.45, 2.75) is 13.5 Å². The van der Waals surface area contributed by atoms with Gasteiger partial charge in [0.15, 0.2) is 0 Å². The predicted molar refractivity (Wildman–Crippen MR) is 82.1 cm³/mol. The Kier molecular flexibility index (Phi) is 3.22. The molecule has 0 fully saturated rings. The molecule has 20 heavy (non-hydrogen) atoms. The normalized spacial score (nSPS) is 11.2. The maximum atomic E-state index is 13.7. The highest BCUT2D eigenvalue weighted by atomic mass is 79.9. The summed E-state index contributed by atoms with van der Waals surface area (Å²) in [6, 6.07) is 11.2. The lowest BCUT2D eigenvalue weighted by Gasteiger charge is -2.07. The van der Waals surface area contributed by atoms with Gasteiger partial charge in [-0.2, -0.15) is 0 Å². The second-order valence-electron chi connectivity index (χ2n) is 4.80. The maximum Gasteiger partial charge on any atom is 0.201 e. The summed E-state index contributed by atoms with van der Waals surface area (Å²) in [6.07, 6.45) is 0. The highest BCUT2D eigenvalue weighted by molar-refractivity contribution is 9.10. The first kappa shape index (κ1) is 13.1. The van der Waals surface area contributed by atoms with Gasteiger partial charge in [0.05, 0.1) is 22.1 Å².